The van der Waals surface area contributed by atoms with Gasteiger partial charge in [-0.2, -0.15) is 0 Å². The molecule has 0 aliphatic carbocycles. The van der Waals surface area contributed by atoms with E-state index in [9.17, 15) is 0 Å². The summed E-state index contributed by atoms with van der Waals surface area (Å²) in [6.45, 7) is 0. The smallest absolute Gasteiger partial charge is 0.126 e. The van der Waals surface area contributed by atoms with Gasteiger partial charge in [0.2, 0.25) is 0 Å². The maximum atomic E-state index is 5.83. The average Bonchev–Trinajstić information content (AvgIpc) is 2.84. The van der Waals surface area contributed by atoms with Crippen molar-refractivity contribution in [2.45, 2.75) is 6.42 Å². The summed E-state index contributed by atoms with van der Waals surface area (Å²) >= 11 is 0. The molecule has 2 rings (SSSR count). The summed E-state index contributed by atoms with van der Waals surface area (Å²) in [4.78, 5) is 0. The number of hydrogen-bond donors (Lipinski definition) is 1. The summed E-state index contributed by atoms with van der Waals surface area (Å²) in [5.74, 6) is 0.873. The van der Waals surface area contributed by atoms with Crippen LogP contribution in [-0.4, -0.2) is 0 Å². The lowest BCUT2D eigenvalue weighted by Gasteiger charge is -1.97. The highest BCUT2D eigenvalue weighted by atomic mass is 16.3. The molecule has 0 fully saturated rings. The van der Waals surface area contributed by atoms with E-state index in [4.69, 9.17) is 10.2 Å². The molecule has 0 spiro atoms. The number of allylic oxidation sites excluding steroid dienone is 2. The van der Waals surface area contributed by atoms with Gasteiger partial charge < -0.3 is 10.2 Å². The van der Waals surface area contributed by atoms with E-state index in [2.05, 4.69) is 12.2 Å². The van der Waals surface area contributed by atoms with Crippen molar-refractivity contribution in [2.24, 2.45) is 0 Å². The van der Waals surface area contributed by atoms with Crippen LogP contribution in [0.2, 0.25) is 0 Å². The van der Waals surface area contributed by atoms with Crippen LogP contribution in [0.3, 0.4) is 0 Å². The molecular weight excluding hydrogens is 210 g/mol. The van der Waals surface area contributed by atoms with Crippen molar-refractivity contribution >= 4 is 17.8 Å². The lowest BCUT2D eigenvalue weighted by atomic mass is 10.1. The van der Waals surface area contributed by atoms with Gasteiger partial charge in [0.25, 0.3) is 0 Å². The van der Waals surface area contributed by atoms with Crippen LogP contribution in [0.5, 0.6) is 0 Å². The molecule has 2 N–H and O–H groups in total. The van der Waals surface area contributed by atoms with Gasteiger partial charge >= 0.3 is 0 Å². The van der Waals surface area contributed by atoms with Gasteiger partial charge in [-0.05, 0) is 36.3 Å². The third-order valence-electron chi connectivity index (χ3n) is 2.39. The van der Waals surface area contributed by atoms with Crippen molar-refractivity contribution in [3.63, 3.8) is 0 Å². The molecule has 17 heavy (non-hydrogen) atoms. The fraction of sp³-hybridized carbons (Fsp3) is 0.0667. The van der Waals surface area contributed by atoms with Crippen LogP contribution >= 0.6 is 0 Å². The van der Waals surface area contributed by atoms with Crippen LogP contribution in [0.4, 0.5) is 5.69 Å². The topological polar surface area (TPSA) is 39.2 Å². The average molecular weight is 225 g/mol. The zero-order valence-electron chi connectivity index (χ0n) is 9.54. The van der Waals surface area contributed by atoms with Gasteiger partial charge in [0.05, 0.1) is 6.26 Å². The van der Waals surface area contributed by atoms with E-state index in [1.807, 2.05) is 48.6 Å². The number of nitrogen functional groups attached to an aromatic ring is 1. The van der Waals surface area contributed by atoms with Crippen LogP contribution in [0, 0.1) is 0 Å². The van der Waals surface area contributed by atoms with Gasteiger partial charge in [-0.25, -0.2) is 0 Å². The third kappa shape index (κ3) is 3.38. The molecule has 0 bridgehead atoms. The van der Waals surface area contributed by atoms with Gasteiger partial charge in [0, 0.05) is 5.69 Å². The second kappa shape index (κ2) is 5.75. The SMILES string of the molecule is Nc1ccccc1/C=C\C/C=C/c1ccco1. The Bertz CT molecular complexity index is 509. The normalized spacial score (nSPS) is 11.5. The molecule has 2 heteroatoms. The molecule has 0 saturated carbocycles. The maximum absolute atomic E-state index is 5.83. The summed E-state index contributed by atoms with van der Waals surface area (Å²) in [6, 6.07) is 11.6. The van der Waals surface area contributed by atoms with Crippen molar-refractivity contribution in [1.29, 1.82) is 0 Å². The van der Waals surface area contributed by atoms with Crippen molar-refractivity contribution in [3.05, 3.63) is 66.1 Å². The van der Waals surface area contributed by atoms with Gasteiger partial charge in [-0.3, -0.25) is 0 Å². The monoisotopic (exact) mass is 225 g/mol. The van der Waals surface area contributed by atoms with E-state index in [0.717, 1.165) is 23.4 Å². The van der Waals surface area contributed by atoms with Gasteiger partial charge in [-0.1, -0.05) is 36.4 Å². The van der Waals surface area contributed by atoms with E-state index < -0.39 is 0 Å². The Balaban J connectivity index is 1.88. The lowest BCUT2D eigenvalue weighted by Crippen LogP contribution is -1.86. The largest absolute Gasteiger partial charge is 0.465 e. The van der Waals surface area contributed by atoms with Gasteiger partial charge in [0.15, 0.2) is 0 Å². The molecule has 0 unspecified atom stereocenters. The van der Waals surface area contributed by atoms with Crippen LogP contribution in [-0.2, 0) is 0 Å². The molecule has 0 atom stereocenters. The molecular formula is C15H15NO. The molecule has 0 aliphatic heterocycles. The zero-order chi connectivity index (χ0) is 11.9. The molecule has 0 saturated heterocycles. The van der Waals surface area contributed by atoms with Gasteiger partial charge in [0.1, 0.15) is 5.76 Å². The quantitative estimate of drug-likeness (QED) is 0.799. The third-order valence-corrected chi connectivity index (χ3v) is 2.39. The number of nitrogens with two attached hydrogens (primary N) is 1. The first-order chi connectivity index (χ1) is 8.36. The van der Waals surface area contributed by atoms with Crippen molar-refractivity contribution in [1.82, 2.24) is 0 Å². The number of anilines is 1. The lowest BCUT2D eigenvalue weighted by molar-refractivity contribution is 0.557. The highest BCUT2D eigenvalue weighted by molar-refractivity contribution is 5.64. The highest BCUT2D eigenvalue weighted by Crippen LogP contribution is 2.12. The Morgan fingerprint density at radius 3 is 2.59 bits per heavy atom. The minimum absolute atomic E-state index is 0.804. The minimum atomic E-state index is 0.804. The summed E-state index contributed by atoms with van der Waals surface area (Å²) in [6.07, 6.45) is 10.6. The molecule has 2 aromatic rings. The van der Waals surface area contributed by atoms with Gasteiger partial charge in [-0.15, -0.1) is 0 Å². The first-order valence-corrected chi connectivity index (χ1v) is 5.57. The Hall–Kier alpha value is -2.22. The number of para-hydroxylation sites is 1. The van der Waals surface area contributed by atoms with Crippen molar-refractivity contribution < 1.29 is 4.42 Å². The second-order valence-corrected chi connectivity index (χ2v) is 3.68. The fourth-order valence-corrected chi connectivity index (χ4v) is 1.51. The van der Waals surface area contributed by atoms with E-state index in [-0.39, 0.29) is 0 Å². The van der Waals surface area contributed by atoms with Crippen LogP contribution < -0.4 is 5.73 Å². The first-order valence-electron chi connectivity index (χ1n) is 5.57. The molecule has 1 heterocycles. The highest BCUT2D eigenvalue weighted by Gasteiger charge is 1.90. The molecule has 0 aliphatic rings. The summed E-state index contributed by atoms with van der Waals surface area (Å²) in [5.41, 5.74) is 7.69. The zero-order valence-corrected chi connectivity index (χ0v) is 9.54. The Morgan fingerprint density at radius 2 is 1.82 bits per heavy atom. The van der Waals surface area contributed by atoms with E-state index >= 15 is 0 Å². The Kier molecular flexibility index (Phi) is 3.81. The standard InChI is InChI=1S/C15H15NO/c16-15-11-5-4-8-13(15)7-2-1-3-9-14-10-6-12-17-14/h2-12H,1,16H2/b7-2-,9-3+. The predicted molar refractivity (Wildman–Crippen MR) is 72.2 cm³/mol. The summed E-state index contributed by atoms with van der Waals surface area (Å²) in [7, 11) is 0. The van der Waals surface area contributed by atoms with Crippen molar-refractivity contribution in [2.75, 3.05) is 5.73 Å². The number of hydrogen-bond acceptors (Lipinski definition) is 2. The van der Waals surface area contributed by atoms with E-state index in [1.165, 1.54) is 0 Å². The molecule has 0 amide bonds. The Labute approximate surface area is 101 Å². The second-order valence-electron chi connectivity index (χ2n) is 3.68. The predicted octanol–water partition coefficient (Wildman–Crippen LogP) is 3.98. The Morgan fingerprint density at radius 1 is 1.00 bits per heavy atom. The first kappa shape index (κ1) is 11.3. The minimum Gasteiger partial charge on any atom is -0.465 e. The molecule has 1 aromatic carbocycles. The summed E-state index contributed by atoms with van der Waals surface area (Å²) in [5, 5.41) is 0. The van der Waals surface area contributed by atoms with Crippen LogP contribution in [0.25, 0.3) is 12.2 Å². The molecule has 1 aromatic heterocycles. The fourth-order valence-electron chi connectivity index (χ4n) is 1.51. The summed E-state index contributed by atoms with van der Waals surface area (Å²) < 4.78 is 5.19. The molecule has 86 valence electrons. The van der Waals surface area contributed by atoms with Crippen molar-refractivity contribution in [3.8, 4) is 0 Å². The molecule has 2 nitrogen and oxygen atoms in total. The molecule has 0 radical (unpaired) electrons. The number of furan rings is 1. The van der Waals surface area contributed by atoms with E-state index in [1.54, 1.807) is 6.26 Å². The van der Waals surface area contributed by atoms with Crippen LogP contribution in [0.1, 0.15) is 17.7 Å². The van der Waals surface area contributed by atoms with Crippen LogP contribution in [0.15, 0.2) is 59.2 Å². The number of rotatable bonds is 4. The van der Waals surface area contributed by atoms with E-state index in [0.29, 0.717) is 0 Å². The maximum Gasteiger partial charge on any atom is 0.126 e. The number of benzene rings is 1.